The van der Waals surface area contributed by atoms with E-state index in [4.69, 9.17) is 14.6 Å². The van der Waals surface area contributed by atoms with Crippen LogP contribution in [-0.2, 0) is 19.6 Å². The fraction of sp³-hybridized carbons (Fsp3) is 0.462. The minimum absolute atomic E-state index is 0.0656. The number of carboxylic acids is 1. The van der Waals surface area contributed by atoms with Gasteiger partial charge in [0.05, 0.1) is 24.6 Å². The van der Waals surface area contributed by atoms with Crippen LogP contribution in [0.1, 0.15) is 6.92 Å². The van der Waals surface area contributed by atoms with Gasteiger partial charge < -0.3 is 14.6 Å². The molecule has 0 bridgehead atoms. The van der Waals surface area contributed by atoms with Crippen molar-refractivity contribution in [3.63, 3.8) is 0 Å². The van der Waals surface area contributed by atoms with Crippen LogP contribution < -0.4 is 9.04 Å². The quantitative estimate of drug-likeness (QED) is 0.777. The van der Waals surface area contributed by atoms with Gasteiger partial charge in [-0.3, -0.25) is 4.31 Å². The van der Waals surface area contributed by atoms with Gasteiger partial charge >= 0.3 is 5.97 Å². The Morgan fingerprint density at radius 1 is 1.48 bits per heavy atom. The van der Waals surface area contributed by atoms with E-state index < -0.39 is 22.1 Å². The molecule has 1 aliphatic rings. The molecule has 1 aromatic carbocycles. The molecule has 0 amide bonds. The zero-order chi connectivity index (χ0) is 15.5. The summed E-state index contributed by atoms with van der Waals surface area (Å²) in [6, 6.07) is 6.48. The molecule has 0 fully saturated rings. The Morgan fingerprint density at radius 3 is 2.86 bits per heavy atom. The van der Waals surface area contributed by atoms with Crippen LogP contribution in [0.4, 0.5) is 5.69 Å². The maximum atomic E-state index is 12.4. The smallest absolute Gasteiger partial charge is 0.346 e. The van der Waals surface area contributed by atoms with Gasteiger partial charge in [0, 0.05) is 6.61 Å². The number of rotatable bonds is 6. The zero-order valence-corrected chi connectivity index (χ0v) is 12.4. The molecule has 1 heterocycles. The van der Waals surface area contributed by atoms with Crippen LogP contribution in [-0.4, -0.2) is 51.1 Å². The third kappa shape index (κ3) is 3.45. The third-order valence-corrected chi connectivity index (χ3v) is 4.74. The van der Waals surface area contributed by atoms with Gasteiger partial charge in [0.1, 0.15) is 5.75 Å². The Labute approximate surface area is 123 Å². The summed E-state index contributed by atoms with van der Waals surface area (Å²) in [7, 11) is -3.67. The van der Waals surface area contributed by atoms with E-state index in [-0.39, 0.29) is 24.7 Å². The van der Waals surface area contributed by atoms with Crippen molar-refractivity contribution in [2.45, 2.75) is 13.0 Å². The predicted molar refractivity (Wildman–Crippen MR) is 76.1 cm³/mol. The van der Waals surface area contributed by atoms with E-state index >= 15 is 0 Å². The highest BCUT2D eigenvalue weighted by atomic mass is 32.2. The molecule has 1 aromatic rings. The monoisotopic (exact) mass is 315 g/mol. The number of ether oxygens (including phenoxy) is 2. The second-order valence-corrected chi connectivity index (χ2v) is 6.47. The van der Waals surface area contributed by atoms with Gasteiger partial charge in [0.15, 0.2) is 0 Å². The third-order valence-electron chi connectivity index (χ3n) is 3.04. The summed E-state index contributed by atoms with van der Waals surface area (Å²) in [6.45, 7) is 2.01. The van der Waals surface area contributed by atoms with Gasteiger partial charge in [-0.05, 0) is 19.1 Å². The molecular formula is C13H17NO6S. The van der Waals surface area contributed by atoms with Crippen molar-refractivity contribution in [2.75, 3.05) is 29.8 Å². The Kier molecular flexibility index (Phi) is 4.69. The lowest BCUT2D eigenvalue weighted by molar-refractivity contribution is -0.144. The van der Waals surface area contributed by atoms with Gasteiger partial charge in [-0.25, -0.2) is 13.2 Å². The number of nitrogens with zero attached hydrogens (tertiary/aromatic N) is 1. The molecule has 0 aromatic heterocycles. The molecule has 0 spiro atoms. The summed E-state index contributed by atoms with van der Waals surface area (Å²) in [4.78, 5) is 11.1. The van der Waals surface area contributed by atoms with E-state index in [0.717, 1.165) is 4.31 Å². The van der Waals surface area contributed by atoms with E-state index in [9.17, 15) is 13.2 Å². The van der Waals surface area contributed by atoms with Crippen molar-refractivity contribution in [3.05, 3.63) is 24.3 Å². The SMILES string of the molecule is CCOCCS(=O)(=O)N1CC(C(=O)O)Oc2ccccc21. The number of fused-ring (bicyclic) bond motifs is 1. The molecule has 0 saturated heterocycles. The molecule has 7 nitrogen and oxygen atoms in total. The molecule has 2 rings (SSSR count). The Morgan fingerprint density at radius 2 is 2.19 bits per heavy atom. The molecule has 116 valence electrons. The van der Waals surface area contributed by atoms with Crippen molar-refractivity contribution in [3.8, 4) is 5.75 Å². The van der Waals surface area contributed by atoms with E-state index in [1.165, 1.54) is 0 Å². The summed E-state index contributed by atoms with van der Waals surface area (Å²) >= 11 is 0. The van der Waals surface area contributed by atoms with Gasteiger partial charge in [0.2, 0.25) is 16.1 Å². The van der Waals surface area contributed by atoms with Gasteiger partial charge in [-0.2, -0.15) is 0 Å². The van der Waals surface area contributed by atoms with E-state index in [0.29, 0.717) is 12.3 Å². The van der Waals surface area contributed by atoms with Crippen LogP contribution in [0.2, 0.25) is 0 Å². The van der Waals surface area contributed by atoms with Crippen LogP contribution in [0.15, 0.2) is 24.3 Å². The highest BCUT2D eigenvalue weighted by molar-refractivity contribution is 7.92. The molecule has 1 N–H and O–H groups in total. The minimum atomic E-state index is -3.67. The normalized spacial score (nSPS) is 18.0. The molecule has 1 aliphatic heterocycles. The number of hydrogen-bond acceptors (Lipinski definition) is 5. The van der Waals surface area contributed by atoms with Crippen LogP contribution >= 0.6 is 0 Å². The van der Waals surface area contributed by atoms with Crippen LogP contribution in [0.3, 0.4) is 0 Å². The zero-order valence-electron chi connectivity index (χ0n) is 11.6. The first-order valence-electron chi connectivity index (χ1n) is 6.52. The Hall–Kier alpha value is -1.80. The molecule has 0 saturated carbocycles. The van der Waals surface area contributed by atoms with E-state index in [1.54, 1.807) is 31.2 Å². The second-order valence-electron chi connectivity index (χ2n) is 4.46. The Balaban J connectivity index is 2.30. The predicted octanol–water partition coefficient (Wildman–Crippen LogP) is 0.705. The van der Waals surface area contributed by atoms with E-state index in [2.05, 4.69) is 0 Å². The first kappa shape index (κ1) is 15.6. The summed E-state index contributed by atoms with van der Waals surface area (Å²) in [5.41, 5.74) is 0.353. The average Bonchev–Trinajstić information content (AvgIpc) is 2.46. The average molecular weight is 315 g/mol. The molecular weight excluding hydrogens is 298 g/mol. The summed E-state index contributed by atoms with van der Waals surface area (Å²) in [6.07, 6.45) is -1.22. The molecule has 1 unspecified atom stereocenters. The van der Waals surface area contributed by atoms with Crippen LogP contribution in [0, 0.1) is 0 Å². The fourth-order valence-corrected chi connectivity index (χ4v) is 3.37. The molecule has 0 aliphatic carbocycles. The van der Waals surface area contributed by atoms with Crippen molar-refractivity contribution in [1.29, 1.82) is 0 Å². The number of hydrogen-bond donors (Lipinski definition) is 1. The number of para-hydroxylation sites is 2. The van der Waals surface area contributed by atoms with Crippen molar-refractivity contribution < 1.29 is 27.8 Å². The number of carboxylic acid groups (broad SMARTS) is 1. The number of anilines is 1. The highest BCUT2D eigenvalue weighted by Crippen LogP contribution is 2.34. The first-order valence-corrected chi connectivity index (χ1v) is 8.13. The topological polar surface area (TPSA) is 93.1 Å². The summed E-state index contributed by atoms with van der Waals surface area (Å²) in [5.74, 6) is -1.16. The summed E-state index contributed by atoms with van der Waals surface area (Å²) in [5, 5.41) is 9.09. The lowest BCUT2D eigenvalue weighted by atomic mass is 10.2. The molecule has 0 radical (unpaired) electrons. The van der Waals surface area contributed by atoms with Crippen molar-refractivity contribution >= 4 is 21.7 Å². The lowest BCUT2D eigenvalue weighted by Crippen LogP contribution is -2.48. The van der Waals surface area contributed by atoms with Gasteiger partial charge in [-0.1, -0.05) is 12.1 Å². The number of benzene rings is 1. The molecule has 8 heteroatoms. The standard InChI is InChI=1S/C13H17NO6S/c1-2-19-7-8-21(17,18)14-9-12(13(15)16)20-11-6-4-3-5-10(11)14/h3-6,12H,2,7-9H2,1H3,(H,15,16). The van der Waals surface area contributed by atoms with Crippen molar-refractivity contribution in [2.24, 2.45) is 0 Å². The second kappa shape index (κ2) is 6.31. The first-order chi connectivity index (χ1) is 9.95. The van der Waals surface area contributed by atoms with E-state index in [1.807, 2.05) is 0 Å². The van der Waals surface area contributed by atoms with Crippen LogP contribution in [0.5, 0.6) is 5.75 Å². The molecule has 21 heavy (non-hydrogen) atoms. The number of carbonyl (C=O) groups is 1. The minimum Gasteiger partial charge on any atom is -0.478 e. The van der Waals surface area contributed by atoms with Gasteiger partial charge in [0.25, 0.3) is 0 Å². The van der Waals surface area contributed by atoms with Crippen LogP contribution in [0.25, 0.3) is 0 Å². The maximum Gasteiger partial charge on any atom is 0.346 e. The Bertz CT molecular complexity index is 615. The largest absolute Gasteiger partial charge is 0.478 e. The summed E-state index contributed by atoms with van der Waals surface area (Å²) < 4.78 is 36.2. The lowest BCUT2D eigenvalue weighted by Gasteiger charge is -2.33. The fourth-order valence-electron chi connectivity index (χ4n) is 2.01. The maximum absolute atomic E-state index is 12.4. The number of aliphatic carboxylic acids is 1. The van der Waals surface area contributed by atoms with Gasteiger partial charge in [-0.15, -0.1) is 0 Å². The number of sulfonamides is 1. The molecule has 1 atom stereocenters. The van der Waals surface area contributed by atoms with Crippen molar-refractivity contribution in [1.82, 2.24) is 0 Å². The highest BCUT2D eigenvalue weighted by Gasteiger charge is 2.36.